The highest BCUT2D eigenvalue weighted by Crippen LogP contribution is 2.25. The molecule has 4 heteroatoms. The molecule has 102 valence electrons. The summed E-state index contributed by atoms with van der Waals surface area (Å²) in [6, 6.07) is 14.4. The van der Waals surface area contributed by atoms with E-state index in [-0.39, 0.29) is 0 Å². The van der Waals surface area contributed by atoms with Crippen molar-refractivity contribution in [3.05, 3.63) is 64.4 Å². The monoisotopic (exact) mass is 329 g/mol. The van der Waals surface area contributed by atoms with Gasteiger partial charge in [0, 0.05) is 17.1 Å². The first-order chi connectivity index (χ1) is 9.65. The van der Waals surface area contributed by atoms with Crippen molar-refractivity contribution in [2.45, 2.75) is 19.3 Å². The van der Waals surface area contributed by atoms with Crippen LogP contribution in [-0.2, 0) is 6.42 Å². The van der Waals surface area contributed by atoms with E-state index in [9.17, 15) is 0 Å². The molecule has 0 aliphatic carbocycles. The standard InChI is InChI=1S/C16H16BrN3/c1-11(12-5-3-2-4-6-12)9-14-16(18)20-10-13(17)7-8-15(20)19-14/h2-8,10-11H,9,18H2,1H3. The van der Waals surface area contributed by atoms with Gasteiger partial charge in [0.05, 0.1) is 5.69 Å². The zero-order chi connectivity index (χ0) is 14.1. The van der Waals surface area contributed by atoms with E-state index >= 15 is 0 Å². The summed E-state index contributed by atoms with van der Waals surface area (Å²) in [5.74, 6) is 1.12. The van der Waals surface area contributed by atoms with Crippen LogP contribution >= 0.6 is 15.9 Å². The van der Waals surface area contributed by atoms with Gasteiger partial charge in [0.15, 0.2) is 0 Å². The molecule has 1 atom stereocenters. The van der Waals surface area contributed by atoms with Gasteiger partial charge < -0.3 is 5.73 Å². The molecule has 2 aromatic heterocycles. The summed E-state index contributed by atoms with van der Waals surface area (Å²) >= 11 is 3.46. The van der Waals surface area contributed by atoms with Crippen molar-refractivity contribution in [1.29, 1.82) is 0 Å². The summed E-state index contributed by atoms with van der Waals surface area (Å²) in [7, 11) is 0. The minimum absolute atomic E-state index is 0.395. The Morgan fingerprint density at radius 3 is 2.70 bits per heavy atom. The summed E-state index contributed by atoms with van der Waals surface area (Å²) in [4.78, 5) is 4.64. The topological polar surface area (TPSA) is 43.3 Å². The summed E-state index contributed by atoms with van der Waals surface area (Å²) < 4.78 is 2.92. The maximum Gasteiger partial charge on any atom is 0.138 e. The molecule has 0 radical (unpaired) electrons. The maximum atomic E-state index is 6.21. The summed E-state index contributed by atoms with van der Waals surface area (Å²) in [6.07, 6.45) is 2.80. The molecule has 2 N–H and O–H groups in total. The third kappa shape index (κ3) is 2.43. The molecule has 1 aromatic carbocycles. The van der Waals surface area contributed by atoms with Gasteiger partial charge in [-0.1, -0.05) is 37.3 Å². The van der Waals surface area contributed by atoms with Crippen LogP contribution in [0.5, 0.6) is 0 Å². The zero-order valence-electron chi connectivity index (χ0n) is 11.3. The van der Waals surface area contributed by atoms with Crippen LogP contribution in [0.15, 0.2) is 53.1 Å². The lowest BCUT2D eigenvalue weighted by molar-refractivity contribution is 0.747. The second kappa shape index (κ2) is 5.29. The van der Waals surface area contributed by atoms with Gasteiger partial charge >= 0.3 is 0 Å². The van der Waals surface area contributed by atoms with E-state index in [1.54, 1.807) is 0 Å². The van der Waals surface area contributed by atoms with Crippen molar-refractivity contribution < 1.29 is 0 Å². The van der Waals surface area contributed by atoms with Gasteiger partial charge in [0.25, 0.3) is 0 Å². The first kappa shape index (κ1) is 13.2. The normalized spacial score (nSPS) is 12.7. The number of benzene rings is 1. The Balaban J connectivity index is 1.93. The number of nitrogen functional groups attached to an aromatic ring is 1. The first-order valence-corrected chi connectivity index (χ1v) is 7.41. The molecule has 3 rings (SSSR count). The van der Waals surface area contributed by atoms with E-state index in [0.717, 1.165) is 28.1 Å². The number of nitrogens with two attached hydrogens (primary N) is 1. The van der Waals surface area contributed by atoms with E-state index in [4.69, 9.17) is 5.73 Å². The number of hydrogen-bond donors (Lipinski definition) is 1. The lowest BCUT2D eigenvalue weighted by atomic mass is 9.96. The molecule has 3 aromatic rings. The number of rotatable bonds is 3. The van der Waals surface area contributed by atoms with E-state index in [0.29, 0.717) is 5.92 Å². The Kier molecular flexibility index (Phi) is 3.49. The molecule has 0 fully saturated rings. The number of pyridine rings is 1. The number of imidazole rings is 1. The molecule has 1 unspecified atom stereocenters. The summed E-state index contributed by atoms with van der Waals surface area (Å²) in [6.45, 7) is 2.20. The Morgan fingerprint density at radius 2 is 1.95 bits per heavy atom. The first-order valence-electron chi connectivity index (χ1n) is 6.62. The zero-order valence-corrected chi connectivity index (χ0v) is 12.8. The average Bonchev–Trinajstić information content (AvgIpc) is 2.76. The van der Waals surface area contributed by atoms with Gasteiger partial charge in [-0.15, -0.1) is 0 Å². The molecule has 0 aliphatic rings. The van der Waals surface area contributed by atoms with Gasteiger partial charge in [-0.2, -0.15) is 0 Å². The number of nitrogens with zero attached hydrogens (tertiary/aromatic N) is 2. The molecule has 0 amide bonds. The van der Waals surface area contributed by atoms with Crippen molar-refractivity contribution in [1.82, 2.24) is 9.38 Å². The maximum absolute atomic E-state index is 6.21. The fraction of sp³-hybridized carbons (Fsp3) is 0.188. The van der Waals surface area contributed by atoms with Gasteiger partial charge in [-0.05, 0) is 39.5 Å². The highest BCUT2D eigenvalue weighted by atomic mass is 79.9. The summed E-state index contributed by atoms with van der Waals surface area (Å²) in [5, 5.41) is 0. The number of hydrogen-bond acceptors (Lipinski definition) is 2. The molecule has 3 nitrogen and oxygen atoms in total. The average molecular weight is 330 g/mol. The van der Waals surface area contributed by atoms with E-state index in [2.05, 4.69) is 52.1 Å². The Labute approximate surface area is 126 Å². The molecular weight excluding hydrogens is 314 g/mol. The van der Waals surface area contributed by atoms with E-state index < -0.39 is 0 Å². The Hall–Kier alpha value is -1.81. The van der Waals surface area contributed by atoms with Crippen LogP contribution in [0, 0.1) is 0 Å². The van der Waals surface area contributed by atoms with Crippen molar-refractivity contribution in [3.63, 3.8) is 0 Å². The number of aromatic nitrogens is 2. The van der Waals surface area contributed by atoms with Crippen LogP contribution in [0.1, 0.15) is 24.1 Å². The third-order valence-corrected chi connectivity index (χ3v) is 4.03. The van der Waals surface area contributed by atoms with E-state index in [1.165, 1.54) is 5.56 Å². The van der Waals surface area contributed by atoms with Crippen LogP contribution in [-0.4, -0.2) is 9.38 Å². The molecular formula is C16H16BrN3. The van der Waals surface area contributed by atoms with Crippen LogP contribution in [0.2, 0.25) is 0 Å². The highest BCUT2D eigenvalue weighted by Gasteiger charge is 2.14. The van der Waals surface area contributed by atoms with Gasteiger partial charge in [0.1, 0.15) is 11.5 Å². The molecule has 0 aliphatic heterocycles. The van der Waals surface area contributed by atoms with Crippen LogP contribution in [0.4, 0.5) is 5.82 Å². The fourth-order valence-electron chi connectivity index (χ4n) is 2.43. The second-order valence-corrected chi connectivity index (χ2v) is 5.95. The Morgan fingerprint density at radius 1 is 1.20 bits per heavy atom. The molecule has 0 saturated carbocycles. The fourth-order valence-corrected chi connectivity index (χ4v) is 2.76. The molecule has 0 spiro atoms. The predicted octanol–water partition coefficient (Wildman–Crippen LogP) is 4.03. The SMILES string of the molecule is CC(Cc1nc2ccc(Br)cn2c1N)c1ccccc1. The largest absolute Gasteiger partial charge is 0.383 e. The number of halogens is 1. The van der Waals surface area contributed by atoms with Crippen LogP contribution in [0.25, 0.3) is 5.65 Å². The van der Waals surface area contributed by atoms with Crippen LogP contribution in [0.3, 0.4) is 0 Å². The smallest absolute Gasteiger partial charge is 0.138 e. The molecule has 20 heavy (non-hydrogen) atoms. The molecule has 0 bridgehead atoms. The number of fused-ring (bicyclic) bond motifs is 1. The lowest BCUT2D eigenvalue weighted by Gasteiger charge is -2.10. The van der Waals surface area contributed by atoms with E-state index in [1.807, 2.05) is 28.8 Å². The third-order valence-electron chi connectivity index (χ3n) is 3.56. The Bertz CT molecular complexity index is 734. The highest BCUT2D eigenvalue weighted by molar-refractivity contribution is 9.10. The predicted molar refractivity (Wildman–Crippen MR) is 85.9 cm³/mol. The van der Waals surface area contributed by atoms with Crippen molar-refractivity contribution in [2.75, 3.05) is 5.73 Å². The lowest BCUT2D eigenvalue weighted by Crippen LogP contribution is -2.02. The van der Waals surface area contributed by atoms with Gasteiger partial charge in [-0.3, -0.25) is 4.40 Å². The van der Waals surface area contributed by atoms with Crippen molar-refractivity contribution in [2.24, 2.45) is 0 Å². The quantitative estimate of drug-likeness (QED) is 0.788. The van der Waals surface area contributed by atoms with Crippen molar-refractivity contribution in [3.8, 4) is 0 Å². The molecule has 2 heterocycles. The number of anilines is 1. The van der Waals surface area contributed by atoms with Crippen molar-refractivity contribution >= 4 is 27.4 Å². The minimum Gasteiger partial charge on any atom is -0.383 e. The summed E-state index contributed by atoms with van der Waals surface area (Å²) in [5.41, 5.74) is 9.37. The minimum atomic E-state index is 0.395. The van der Waals surface area contributed by atoms with Crippen LogP contribution < -0.4 is 5.73 Å². The second-order valence-electron chi connectivity index (χ2n) is 5.04. The van der Waals surface area contributed by atoms with Gasteiger partial charge in [-0.25, -0.2) is 4.98 Å². The molecule has 0 saturated heterocycles. The van der Waals surface area contributed by atoms with Gasteiger partial charge in [0.2, 0.25) is 0 Å².